The highest BCUT2D eigenvalue weighted by atomic mass is 16.5. The van der Waals surface area contributed by atoms with E-state index in [2.05, 4.69) is 15.3 Å². The molecule has 1 amide bonds. The quantitative estimate of drug-likeness (QED) is 0.817. The first kappa shape index (κ1) is 13.2. The molecule has 0 unspecified atom stereocenters. The van der Waals surface area contributed by atoms with Gasteiger partial charge in [0.25, 0.3) is 0 Å². The van der Waals surface area contributed by atoms with Gasteiger partial charge in [-0.1, -0.05) is 0 Å². The molecular weight excluding hydrogens is 220 g/mol. The van der Waals surface area contributed by atoms with Crippen LogP contribution in [0.2, 0.25) is 0 Å². The zero-order chi connectivity index (χ0) is 12.8. The van der Waals surface area contributed by atoms with Crippen molar-refractivity contribution in [2.24, 2.45) is 0 Å². The second-order valence-corrected chi connectivity index (χ2v) is 3.73. The van der Waals surface area contributed by atoms with Gasteiger partial charge >= 0.3 is 0 Å². The maximum Gasteiger partial charge on any atom is 0.241 e. The molecule has 1 rings (SSSR count). The topological polar surface area (TPSA) is 67.4 Å². The van der Waals surface area contributed by atoms with Crippen LogP contribution in [0.5, 0.6) is 5.88 Å². The molecule has 6 heteroatoms. The molecule has 0 atom stereocenters. The second kappa shape index (κ2) is 6.03. The van der Waals surface area contributed by atoms with Crippen molar-refractivity contribution in [2.45, 2.75) is 13.8 Å². The summed E-state index contributed by atoms with van der Waals surface area (Å²) in [5, 5.41) is 2.97. The zero-order valence-corrected chi connectivity index (χ0v) is 10.6. The first-order chi connectivity index (χ1) is 8.06. The monoisotopic (exact) mass is 238 g/mol. The highest BCUT2D eigenvalue weighted by molar-refractivity contribution is 5.80. The van der Waals surface area contributed by atoms with Crippen LogP contribution in [0.25, 0.3) is 0 Å². The van der Waals surface area contributed by atoms with Crippen LogP contribution in [0.1, 0.15) is 12.5 Å². The van der Waals surface area contributed by atoms with Gasteiger partial charge in [-0.05, 0) is 13.8 Å². The number of hydrogen-bond donors (Lipinski definition) is 1. The van der Waals surface area contributed by atoms with Crippen LogP contribution in [0.4, 0.5) is 5.82 Å². The Bertz CT molecular complexity index is 393. The average molecular weight is 238 g/mol. The number of hydrogen-bond acceptors (Lipinski definition) is 5. The van der Waals surface area contributed by atoms with Crippen molar-refractivity contribution in [1.82, 2.24) is 14.9 Å². The third-order valence-electron chi connectivity index (χ3n) is 2.22. The largest absolute Gasteiger partial charge is 0.478 e. The molecule has 17 heavy (non-hydrogen) atoms. The van der Waals surface area contributed by atoms with Crippen LogP contribution in [-0.4, -0.2) is 48.0 Å². The van der Waals surface area contributed by atoms with Crippen LogP contribution >= 0.6 is 0 Å². The summed E-state index contributed by atoms with van der Waals surface area (Å²) >= 11 is 0. The summed E-state index contributed by atoms with van der Waals surface area (Å²) in [5.41, 5.74) is 0.806. The Hall–Kier alpha value is -1.85. The molecule has 1 N–H and O–H groups in total. The number of amides is 1. The van der Waals surface area contributed by atoms with E-state index in [-0.39, 0.29) is 12.5 Å². The summed E-state index contributed by atoms with van der Waals surface area (Å²) in [5.74, 6) is 1.15. The Morgan fingerprint density at radius 1 is 1.47 bits per heavy atom. The molecule has 1 heterocycles. The Morgan fingerprint density at radius 2 is 2.18 bits per heavy atom. The van der Waals surface area contributed by atoms with Crippen molar-refractivity contribution in [3.8, 4) is 5.88 Å². The predicted octanol–water partition coefficient (Wildman–Crippen LogP) is 0.684. The number of rotatable bonds is 5. The van der Waals surface area contributed by atoms with E-state index in [4.69, 9.17) is 4.74 Å². The number of carbonyl (C=O) groups excluding carboxylic acids is 1. The summed E-state index contributed by atoms with van der Waals surface area (Å²) in [6.07, 6.45) is 1.42. The first-order valence-electron chi connectivity index (χ1n) is 5.44. The highest BCUT2D eigenvalue weighted by Crippen LogP contribution is 2.19. The fourth-order valence-corrected chi connectivity index (χ4v) is 1.21. The molecule has 0 radical (unpaired) electrons. The minimum absolute atomic E-state index is 0.0130. The lowest BCUT2D eigenvalue weighted by Crippen LogP contribution is -2.29. The van der Waals surface area contributed by atoms with Crippen LogP contribution in [0, 0.1) is 6.92 Å². The van der Waals surface area contributed by atoms with E-state index in [1.807, 2.05) is 13.8 Å². The number of nitrogens with zero attached hydrogens (tertiary/aromatic N) is 3. The van der Waals surface area contributed by atoms with Crippen LogP contribution in [0.3, 0.4) is 0 Å². The van der Waals surface area contributed by atoms with E-state index in [0.29, 0.717) is 18.3 Å². The normalized spacial score (nSPS) is 9.88. The number of anilines is 1. The van der Waals surface area contributed by atoms with Gasteiger partial charge in [0.05, 0.1) is 18.7 Å². The van der Waals surface area contributed by atoms with Gasteiger partial charge in [-0.3, -0.25) is 4.79 Å². The maximum atomic E-state index is 11.4. The number of likely N-dealkylation sites (N-methyl/N-ethyl adjacent to an activating group) is 1. The van der Waals surface area contributed by atoms with Crippen molar-refractivity contribution in [2.75, 3.05) is 32.6 Å². The third-order valence-corrected chi connectivity index (χ3v) is 2.22. The number of aromatic nitrogens is 2. The number of ether oxygens (including phenoxy) is 1. The Morgan fingerprint density at radius 3 is 2.76 bits per heavy atom. The van der Waals surface area contributed by atoms with E-state index in [9.17, 15) is 4.79 Å². The molecule has 0 aliphatic carbocycles. The lowest BCUT2D eigenvalue weighted by Gasteiger charge is -2.13. The van der Waals surface area contributed by atoms with Crippen LogP contribution < -0.4 is 10.1 Å². The van der Waals surface area contributed by atoms with Crippen molar-refractivity contribution in [3.05, 3.63) is 11.9 Å². The number of carbonyl (C=O) groups is 1. The van der Waals surface area contributed by atoms with Crippen molar-refractivity contribution in [3.63, 3.8) is 0 Å². The van der Waals surface area contributed by atoms with Gasteiger partial charge in [0, 0.05) is 14.1 Å². The van der Waals surface area contributed by atoms with Crippen molar-refractivity contribution in [1.29, 1.82) is 0 Å². The fourth-order valence-electron chi connectivity index (χ4n) is 1.21. The van der Waals surface area contributed by atoms with Gasteiger partial charge in [-0.2, -0.15) is 0 Å². The molecular formula is C11H18N4O2. The Labute approximate surface area is 101 Å². The van der Waals surface area contributed by atoms with Gasteiger partial charge in [0.2, 0.25) is 11.8 Å². The first-order valence-corrected chi connectivity index (χ1v) is 5.44. The smallest absolute Gasteiger partial charge is 0.241 e. The summed E-state index contributed by atoms with van der Waals surface area (Å²) in [7, 11) is 3.42. The molecule has 0 bridgehead atoms. The number of nitrogens with one attached hydrogen (secondary N) is 1. The molecule has 0 spiro atoms. The minimum atomic E-state index is -0.0130. The van der Waals surface area contributed by atoms with E-state index in [1.165, 1.54) is 11.2 Å². The van der Waals surface area contributed by atoms with Gasteiger partial charge in [-0.15, -0.1) is 0 Å². The lowest BCUT2D eigenvalue weighted by molar-refractivity contribution is -0.126. The predicted molar refractivity (Wildman–Crippen MR) is 65.1 cm³/mol. The summed E-state index contributed by atoms with van der Waals surface area (Å²) < 4.78 is 5.35. The average Bonchev–Trinajstić information content (AvgIpc) is 2.30. The Kier molecular flexibility index (Phi) is 4.68. The standard InChI is InChI=1S/C11H18N4O2/c1-5-17-11-8(2)10(13-7-14-11)12-6-9(16)15(3)4/h7H,5-6H2,1-4H3,(H,12,13,14). The summed E-state index contributed by atoms with van der Waals surface area (Å²) in [4.78, 5) is 21.0. The van der Waals surface area contributed by atoms with Gasteiger partial charge in [0.1, 0.15) is 12.1 Å². The summed E-state index contributed by atoms with van der Waals surface area (Å²) in [6, 6.07) is 0. The second-order valence-electron chi connectivity index (χ2n) is 3.73. The van der Waals surface area contributed by atoms with E-state index in [1.54, 1.807) is 14.1 Å². The highest BCUT2D eigenvalue weighted by Gasteiger charge is 2.09. The van der Waals surface area contributed by atoms with Crippen LogP contribution in [0.15, 0.2) is 6.33 Å². The van der Waals surface area contributed by atoms with Gasteiger partial charge in [-0.25, -0.2) is 9.97 Å². The minimum Gasteiger partial charge on any atom is -0.478 e. The molecule has 0 aromatic carbocycles. The molecule has 0 saturated heterocycles. The fraction of sp³-hybridized carbons (Fsp3) is 0.545. The van der Waals surface area contributed by atoms with Gasteiger partial charge in [0.15, 0.2) is 0 Å². The van der Waals surface area contributed by atoms with Crippen LogP contribution in [-0.2, 0) is 4.79 Å². The molecule has 0 aliphatic rings. The van der Waals surface area contributed by atoms with E-state index in [0.717, 1.165) is 5.56 Å². The van der Waals surface area contributed by atoms with E-state index >= 15 is 0 Å². The third kappa shape index (κ3) is 3.58. The summed E-state index contributed by atoms with van der Waals surface area (Å²) in [6.45, 7) is 4.50. The van der Waals surface area contributed by atoms with E-state index < -0.39 is 0 Å². The molecule has 1 aromatic heterocycles. The Balaban J connectivity index is 2.71. The molecule has 94 valence electrons. The molecule has 6 nitrogen and oxygen atoms in total. The molecule has 1 aromatic rings. The maximum absolute atomic E-state index is 11.4. The molecule has 0 aliphatic heterocycles. The van der Waals surface area contributed by atoms with Gasteiger partial charge < -0.3 is 15.0 Å². The zero-order valence-electron chi connectivity index (χ0n) is 10.6. The molecule has 0 fully saturated rings. The van der Waals surface area contributed by atoms with Crippen molar-refractivity contribution >= 4 is 11.7 Å². The SMILES string of the molecule is CCOc1ncnc(NCC(=O)N(C)C)c1C. The lowest BCUT2D eigenvalue weighted by atomic mass is 10.3. The molecule has 0 saturated carbocycles. The van der Waals surface area contributed by atoms with Crippen molar-refractivity contribution < 1.29 is 9.53 Å².